The maximum atomic E-state index is 11.3. The number of pyridine rings is 1. The van der Waals surface area contributed by atoms with E-state index in [0.717, 1.165) is 17.9 Å². The predicted molar refractivity (Wildman–Crippen MR) is 132 cm³/mol. The van der Waals surface area contributed by atoms with Crippen LogP contribution in [0.3, 0.4) is 0 Å². The molecule has 0 amide bonds. The summed E-state index contributed by atoms with van der Waals surface area (Å²) in [4.78, 5) is 4.48. The molecule has 4 rings (SSSR count). The second-order valence-electron chi connectivity index (χ2n) is 7.62. The molecule has 1 aliphatic carbocycles. The molecule has 0 saturated heterocycles. The average Bonchev–Trinajstić information content (AvgIpc) is 2.75. The molecule has 1 fully saturated rings. The maximum absolute atomic E-state index is 11.3. The highest BCUT2D eigenvalue weighted by Gasteiger charge is 2.19. The SMILES string of the molecule is CCc1ccc(OC)cc1.NS(=O)(=O)c1ccc(Nc2ccc(C3CCC3)cn2)c(Br)c1. The molecule has 0 bridgehead atoms. The van der Waals surface area contributed by atoms with Gasteiger partial charge in [-0.05, 0) is 88.6 Å². The Morgan fingerprint density at radius 1 is 1.12 bits per heavy atom. The van der Waals surface area contributed by atoms with Gasteiger partial charge in [-0.1, -0.05) is 31.5 Å². The Morgan fingerprint density at radius 2 is 1.84 bits per heavy atom. The zero-order valence-electron chi connectivity index (χ0n) is 18.2. The van der Waals surface area contributed by atoms with E-state index >= 15 is 0 Å². The molecule has 0 radical (unpaired) electrons. The van der Waals surface area contributed by atoms with Crippen LogP contribution in [0.5, 0.6) is 5.75 Å². The summed E-state index contributed by atoms with van der Waals surface area (Å²) in [5.74, 6) is 2.30. The zero-order valence-corrected chi connectivity index (χ0v) is 20.6. The van der Waals surface area contributed by atoms with E-state index in [2.05, 4.69) is 51.4 Å². The van der Waals surface area contributed by atoms with Crippen LogP contribution >= 0.6 is 15.9 Å². The summed E-state index contributed by atoms with van der Waals surface area (Å²) in [7, 11) is -2.02. The van der Waals surface area contributed by atoms with Gasteiger partial charge in [-0.2, -0.15) is 0 Å². The molecule has 1 heterocycles. The van der Waals surface area contributed by atoms with Gasteiger partial charge in [0.25, 0.3) is 0 Å². The summed E-state index contributed by atoms with van der Waals surface area (Å²) >= 11 is 3.34. The van der Waals surface area contributed by atoms with Crippen molar-refractivity contribution in [3.05, 3.63) is 76.4 Å². The Morgan fingerprint density at radius 3 is 2.31 bits per heavy atom. The van der Waals surface area contributed by atoms with Crippen molar-refractivity contribution in [2.45, 2.75) is 43.4 Å². The number of halogens is 1. The molecule has 0 atom stereocenters. The molecule has 8 heteroatoms. The first-order chi connectivity index (χ1) is 15.3. The van der Waals surface area contributed by atoms with Crippen molar-refractivity contribution >= 4 is 37.5 Å². The summed E-state index contributed by atoms with van der Waals surface area (Å²) in [5.41, 5.74) is 3.36. The molecule has 32 heavy (non-hydrogen) atoms. The molecular formula is C24H28BrN3O3S. The standard InChI is InChI=1S/C15H16BrN3O2S.C9H12O/c16-13-8-12(22(17,20)21)5-6-14(13)19-15-7-4-11(9-18-15)10-2-1-3-10;1-3-8-4-6-9(10-2)7-5-8/h4-10H,1-3H2,(H,18,19)(H2,17,20,21);4-7H,3H2,1-2H3. The van der Waals surface area contributed by atoms with Gasteiger partial charge in [0.05, 0.1) is 17.7 Å². The number of nitrogens with one attached hydrogen (secondary N) is 1. The topological polar surface area (TPSA) is 94.3 Å². The number of benzene rings is 2. The Kier molecular flexibility index (Phi) is 8.28. The van der Waals surface area contributed by atoms with Gasteiger partial charge in [0.15, 0.2) is 0 Å². The number of nitrogens with zero attached hydrogens (tertiary/aromatic N) is 1. The zero-order chi connectivity index (χ0) is 23.1. The third-order valence-electron chi connectivity index (χ3n) is 5.46. The molecule has 1 saturated carbocycles. The number of hydrogen-bond donors (Lipinski definition) is 2. The molecule has 1 aliphatic rings. The van der Waals surface area contributed by atoms with Gasteiger partial charge in [0.1, 0.15) is 11.6 Å². The molecular weight excluding hydrogens is 490 g/mol. The molecule has 170 valence electrons. The second kappa shape index (κ2) is 10.9. The van der Waals surface area contributed by atoms with Crippen LogP contribution in [-0.2, 0) is 16.4 Å². The summed E-state index contributed by atoms with van der Waals surface area (Å²) in [6.45, 7) is 2.14. The van der Waals surface area contributed by atoms with Crippen LogP contribution < -0.4 is 15.2 Å². The Labute approximate surface area is 198 Å². The average molecular weight is 518 g/mol. The Bertz CT molecular complexity index is 1110. The lowest BCUT2D eigenvalue weighted by Gasteiger charge is -2.25. The number of primary sulfonamides is 1. The first-order valence-electron chi connectivity index (χ1n) is 10.5. The third kappa shape index (κ3) is 6.54. The quantitative estimate of drug-likeness (QED) is 0.433. The Hall–Kier alpha value is -2.42. The van der Waals surface area contributed by atoms with Crippen molar-refractivity contribution in [1.29, 1.82) is 0 Å². The summed E-state index contributed by atoms with van der Waals surface area (Å²) in [5, 5.41) is 8.27. The third-order valence-corrected chi connectivity index (χ3v) is 7.03. The number of hydrogen-bond acceptors (Lipinski definition) is 5. The highest BCUT2D eigenvalue weighted by Crippen LogP contribution is 2.36. The number of sulfonamides is 1. The van der Waals surface area contributed by atoms with Gasteiger partial charge >= 0.3 is 0 Å². The molecule has 1 aromatic heterocycles. The monoisotopic (exact) mass is 517 g/mol. The molecule has 6 nitrogen and oxygen atoms in total. The van der Waals surface area contributed by atoms with Crippen molar-refractivity contribution in [2.24, 2.45) is 5.14 Å². The van der Waals surface area contributed by atoms with Gasteiger partial charge in [-0.3, -0.25) is 0 Å². The van der Waals surface area contributed by atoms with Gasteiger partial charge in [-0.15, -0.1) is 0 Å². The number of aromatic nitrogens is 1. The molecule has 3 aromatic rings. The number of aryl methyl sites for hydroxylation is 1. The van der Waals surface area contributed by atoms with Crippen LogP contribution in [0.15, 0.2) is 70.2 Å². The molecule has 0 unspecified atom stereocenters. The fraction of sp³-hybridized carbons (Fsp3) is 0.292. The normalized spacial score (nSPS) is 13.5. The van der Waals surface area contributed by atoms with Gasteiger partial charge in [-0.25, -0.2) is 18.5 Å². The maximum Gasteiger partial charge on any atom is 0.238 e. The lowest BCUT2D eigenvalue weighted by Crippen LogP contribution is -2.12. The summed E-state index contributed by atoms with van der Waals surface area (Å²) < 4.78 is 28.3. The van der Waals surface area contributed by atoms with Crippen molar-refractivity contribution in [1.82, 2.24) is 4.98 Å². The first kappa shape index (κ1) is 24.2. The second-order valence-corrected chi connectivity index (χ2v) is 10.0. The van der Waals surface area contributed by atoms with Gasteiger partial charge in [0, 0.05) is 10.7 Å². The van der Waals surface area contributed by atoms with Crippen molar-refractivity contribution in [2.75, 3.05) is 12.4 Å². The van der Waals surface area contributed by atoms with E-state index in [1.165, 1.54) is 42.5 Å². The number of ether oxygens (including phenoxy) is 1. The highest BCUT2D eigenvalue weighted by atomic mass is 79.9. The fourth-order valence-electron chi connectivity index (χ4n) is 3.24. The lowest BCUT2D eigenvalue weighted by atomic mass is 9.81. The fourth-order valence-corrected chi connectivity index (χ4v) is 4.40. The summed E-state index contributed by atoms with van der Waals surface area (Å²) in [6.07, 6.45) is 6.78. The largest absolute Gasteiger partial charge is 0.497 e. The smallest absolute Gasteiger partial charge is 0.238 e. The molecule has 0 aliphatic heterocycles. The number of rotatable bonds is 6. The number of nitrogens with two attached hydrogens (primary N) is 1. The van der Waals surface area contributed by atoms with E-state index in [4.69, 9.17) is 9.88 Å². The van der Waals surface area contributed by atoms with Crippen molar-refractivity contribution < 1.29 is 13.2 Å². The van der Waals surface area contributed by atoms with Gasteiger partial charge < -0.3 is 10.1 Å². The van der Waals surface area contributed by atoms with Crippen LogP contribution in [-0.4, -0.2) is 20.5 Å². The van der Waals surface area contributed by atoms with E-state index in [1.54, 1.807) is 13.2 Å². The predicted octanol–water partition coefficient (Wildman–Crippen LogP) is 5.76. The van der Waals surface area contributed by atoms with E-state index in [9.17, 15) is 8.42 Å². The van der Waals surface area contributed by atoms with Crippen LogP contribution in [0.25, 0.3) is 0 Å². The minimum absolute atomic E-state index is 0.0678. The Balaban J connectivity index is 0.000000243. The van der Waals surface area contributed by atoms with E-state index in [1.807, 2.05) is 24.4 Å². The summed E-state index contributed by atoms with van der Waals surface area (Å²) in [6, 6.07) is 16.8. The number of anilines is 2. The van der Waals surface area contributed by atoms with Crippen LogP contribution in [0.4, 0.5) is 11.5 Å². The van der Waals surface area contributed by atoms with Crippen LogP contribution in [0.2, 0.25) is 0 Å². The molecule has 2 aromatic carbocycles. The van der Waals surface area contributed by atoms with E-state index < -0.39 is 10.0 Å². The van der Waals surface area contributed by atoms with Gasteiger partial charge in [0.2, 0.25) is 10.0 Å². The van der Waals surface area contributed by atoms with Crippen LogP contribution in [0, 0.1) is 0 Å². The lowest BCUT2D eigenvalue weighted by molar-refractivity contribution is 0.414. The first-order valence-corrected chi connectivity index (χ1v) is 12.8. The minimum Gasteiger partial charge on any atom is -0.497 e. The van der Waals surface area contributed by atoms with Crippen LogP contribution in [0.1, 0.15) is 43.2 Å². The molecule has 3 N–H and O–H groups in total. The number of methoxy groups -OCH3 is 1. The highest BCUT2D eigenvalue weighted by molar-refractivity contribution is 9.10. The van der Waals surface area contributed by atoms with E-state index in [0.29, 0.717) is 16.2 Å². The van der Waals surface area contributed by atoms with E-state index in [-0.39, 0.29) is 4.90 Å². The molecule has 0 spiro atoms. The van der Waals surface area contributed by atoms with Crippen molar-refractivity contribution in [3.63, 3.8) is 0 Å². The minimum atomic E-state index is -3.70. The van der Waals surface area contributed by atoms with Crippen molar-refractivity contribution in [3.8, 4) is 5.75 Å².